The average molecular weight is 350 g/mol. The molecule has 3 rings (SSSR count). The summed E-state index contributed by atoms with van der Waals surface area (Å²) < 4.78 is 42.3. The molecule has 0 aromatic heterocycles. The van der Waals surface area contributed by atoms with Crippen molar-refractivity contribution < 1.29 is 22.7 Å². The summed E-state index contributed by atoms with van der Waals surface area (Å²) in [6, 6.07) is 15.3. The number of benzene rings is 2. The second kappa shape index (κ2) is 7.04. The number of anilines is 1. The Bertz CT molecular complexity index is 748. The fraction of sp³-hybridized carbons (Fsp3) is 0.278. The molecule has 0 atom stereocenters. The molecule has 0 saturated heterocycles. The van der Waals surface area contributed by atoms with E-state index >= 15 is 0 Å². The number of carbonyl (C=O) groups is 1. The van der Waals surface area contributed by atoms with Gasteiger partial charge in [0.2, 0.25) is 0 Å². The van der Waals surface area contributed by atoms with E-state index in [4.69, 9.17) is 4.74 Å². The minimum Gasteiger partial charge on any atom is -0.473 e. The number of nitrogens with zero attached hydrogens (tertiary/aromatic N) is 1. The highest BCUT2D eigenvalue weighted by Gasteiger charge is 2.38. The molecule has 25 heavy (non-hydrogen) atoms. The number of hydrogen-bond acceptors (Lipinski definition) is 3. The predicted molar refractivity (Wildman–Crippen MR) is 87.3 cm³/mol. The van der Waals surface area contributed by atoms with Crippen LogP contribution in [0.2, 0.25) is 0 Å². The highest BCUT2D eigenvalue weighted by atomic mass is 19.4. The average Bonchev–Trinajstić information content (AvgIpc) is 2.61. The van der Waals surface area contributed by atoms with Gasteiger partial charge in [-0.2, -0.15) is 13.2 Å². The zero-order valence-electron chi connectivity index (χ0n) is 13.3. The van der Waals surface area contributed by atoms with E-state index in [9.17, 15) is 18.0 Å². The number of para-hydroxylation sites is 1. The van der Waals surface area contributed by atoms with Gasteiger partial charge in [0.1, 0.15) is 5.75 Å². The van der Waals surface area contributed by atoms with Gasteiger partial charge in [0, 0.05) is 24.3 Å². The lowest BCUT2D eigenvalue weighted by atomic mass is 10.1. The summed E-state index contributed by atoms with van der Waals surface area (Å²) in [5, 5.41) is 1.88. The van der Waals surface area contributed by atoms with E-state index in [2.05, 4.69) is 4.90 Å². The molecule has 4 nitrogen and oxygen atoms in total. The number of amides is 1. The highest BCUT2D eigenvalue weighted by Crippen LogP contribution is 2.29. The molecule has 0 saturated carbocycles. The SMILES string of the molecule is O=C(NCCc1ccc2c(c1)CN(c1ccccc1)CO2)C(F)(F)F. The summed E-state index contributed by atoms with van der Waals surface area (Å²) in [7, 11) is 0. The van der Waals surface area contributed by atoms with E-state index in [1.165, 1.54) is 0 Å². The van der Waals surface area contributed by atoms with Gasteiger partial charge in [0.05, 0.1) is 0 Å². The number of rotatable bonds is 4. The van der Waals surface area contributed by atoms with Crippen LogP contribution in [0.1, 0.15) is 11.1 Å². The minimum atomic E-state index is -4.85. The first-order chi connectivity index (χ1) is 11.9. The molecule has 2 aromatic carbocycles. The summed E-state index contributed by atoms with van der Waals surface area (Å²) in [6.45, 7) is 1.03. The largest absolute Gasteiger partial charge is 0.473 e. The topological polar surface area (TPSA) is 41.6 Å². The summed E-state index contributed by atoms with van der Waals surface area (Å²) in [4.78, 5) is 12.9. The van der Waals surface area contributed by atoms with Crippen LogP contribution in [-0.4, -0.2) is 25.4 Å². The summed E-state index contributed by atoms with van der Waals surface area (Å²) in [5.74, 6) is -1.14. The van der Waals surface area contributed by atoms with Crippen molar-refractivity contribution in [3.63, 3.8) is 0 Å². The first kappa shape index (κ1) is 17.1. The molecule has 1 aliphatic heterocycles. The Morgan fingerprint density at radius 2 is 1.92 bits per heavy atom. The standard InChI is InChI=1S/C18H17F3N2O2/c19-18(20,21)17(24)22-9-8-13-6-7-16-14(10-13)11-23(12-25-16)15-4-2-1-3-5-15/h1-7,10H,8-9,11-12H2,(H,22,24). The van der Waals surface area contributed by atoms with E-state index in [-0.39, 0.29) is 6.54 Å². The van der Waals surface area contributed by atoms with Crippen LogP contribution >= 0.6 is 0 Å². The zero-order chi connectivity index (χ0) is 17.9. The highest BCUT2D eigenvalue weighted by molar-refractivity contribution is 5.81. The first-order valence-corrected chi connectivity index (χ1v) is 7.83. The van der Waals surface area contributed by atoms with Crippen molar-refractivity contribution in [2.24, 2.45) is 0 Å². The van der Waals surface area contributed by atoms with Crippen LogP contribution in [0.5, 0.6) is 5.75 Å². The molecule has 132 valence electrons. The third kappa shape index (κ3) is 4.23. The summed E-state index contributed by atoms with van der Waals surface area (Å²) in [6.07, 6.45) is -4.53. The molecule has 1 amide bonds. The zero-order valence-corrected chi connectivity index (χ0v) is 13.3. The Labute approximate surface area is 143 Å². The number of carbonyl (C=O) groups excluding carboxylic acids is 1. The van der Waals surface area contributed by atoms with Crippen molar-refractivity contribution in [1.82, 2.24) is 5.32 Å². The normalized spacial score (nSPS) is 13.8. The minimum absolute atomic E-state index is 0.0691. The van der Waals surface area contributed by atoms with Gasteiger partial charge in [-0.15, -0.1) is 0 Å². The molecule has 1 N–H and O–H groups in total. The third-order valence-electron chi connectivity index (χ3n) is 3.94. The van der Waals surface area contributed by atoms with Crippen LogP contribution in [0, 0.1) is 0 Å². The third-order valence-corrected chi connectivity index (χ3v) is 3.94. The molecule has 0 fully saturated rings. The maximum atomic E-state index is 12.2. The molecular formula is C18H17F3N2O2. The van der Waals surface area contributed by atoms with Crippen LogP contribution < -0.4 is 15.0 Å². The number of ether oxygens (including phenoxy) is 1. The maximum Gasteiger partial charge on any atom is 0.471 e. The van der Waals surface area contributed by atoms with E-state index < -0.39 is 12.1 Å². The predicted octanol–water partition coefficient (Wildman–Crippen LogP) is 3.26. The van der Waals surface area contributed by atoms with Gasteiger partial charge < -0.3 is 15.0 Å². The summed E-state index contributed by atoms with van der Waals surface area (Å²) in [5.41, 5.74) is 2.85. The molecule has 1 aliphatic rings. The summed E-state index contributed by atoms with van der Waals surface area (Å²) >= 11 is 0. The second-order valence-electron chi connectivity index (χ2n) is 5.75. The van der Waals surface area contributed by atoms with Gasteiger partial charge in [0.15, 0.2) is 6.73 Å². The van der Waals surface area contributed by atoms with Crippen LogP contribution in [0.25, 0.3) is 0 Å². The lowest BCUT2D eigenvalue weighted by Gasteiger charge is -2.31. The molecule has 2 aromatic rings. The monoisotopic (exact) mass is 350 g/mol. The fourth-order valence-corrected chi connectivity index (χ4v) is 2.68. The molecule has 0 spiro atoms. The van der Waals surface area contributed by atoms with E-state index in [1.54, 1.807) is 6.07 Å². The Morgan fingerprint density at radius 1 is 1.16 bits per heavy atom. The van der Waals surface area contributed by atoms with E-state index in [0.29, 0.717) is 19.7 Å². The maximum absolute atomic E-state index is 12.2. The van der Waals surface area contributed by atoms with Crippen molar-refractivity contribution in [1.29, 1.82) is 0 Å². The van der Waals surface area contributed by atoms with E-state index in [0.717, 1.165) is 22.6 Å². The Balaban J connectivity index is 1.63. The van der Waals surface area contributed by atoms with Gasteiger partial charge in [-0.05, 0) is 30.2 Å². The van der Waals surface area contributed by atoms with Crippen molar-refractivity contribution >= 4 is 11.6 Å². The van der Waals surface area contributed by atoms with Crippen LogP contribution in [0.15, 0.2) is 48.5 Å². The molecular weight excluding hydrogens is 333 g/mol. The smallest absolute Gasteiger partial charge is 0.471 e. The fourth-order valence-electron chi connectivity index (χ4n) is 2.68. The quantitative estimate of drug-likeness (QED) is 0.920. The lowest BCUT2D eigenvalue weighted by molar-refractivity contribution is -0.173. The van der Waals surface area contributed by atoms with Gasteiger partial charge in [-0.3, -0.25) is 4.79 Å². The molecule has 0 radical (unpaired) electrons. The molecule has 7 heteroatoms. The number of hydrogen-bond donors (Lipinski definition) is 1. The van der Waals surface area contributed by atoms with Gasteiger partial charge in [-0.25, -0.2) is 0 Å². The van der Waals surface area contributed by atoms with Gasteiger partial charge >= 0.3 is 12.1 Å². The van der Waals surface area contributed by atoms with E-state index in [1.807, 2.05) is 47.8 Å². The van der Waals surface area contributed by atoms with Crippen LogP contribution in [0.3, 0.4) is 0 Å². The second-order valence-corrected chi connectivity index (χ2v) is 5.75. The number of alkyl halides is 3. The van der Waals surface area contributed by atoms with Crippen LogP contribution in [-0.2, 0) is 17.8 Å². The Hall–Kier alpha value is -2.70. The van der Waals surface area contributed by atoms with Crippen molar-refractivity contribution in [3.8, 4) is 5.75 Å². The van der Waals surface area contributed by atoms with Gasteiger partial charge in [0.25, 0.3) is 0 Å². The van der Waals surface area contributed by atoms with Crippen LogP contribution in [0.4, 0.5) is 18.9 Å². The number of nitrogens with one attached hydrogen (secondary N) is 1. The first-order valence-electron chi connectivity index (χ1n) is 7.83. The van der Waals surface area contributed by atoms with Gasteiger partial charge in [-0.1, -0.05) is 30.3 Å². The molecule has 1 heterocycles. The molecule has 0 unspecified atom stereocenters. The number of fused-ring (bicyclic) bond motifs is 1. The molecule has 0 bridgehead atoms. The lowest BCUT2D eigenvalue weighted by Crippen LogP contribution is -2.37. The number of halogens is 3. The van der Waals surface area contributed by atoms with Crippen molar-refractivity contribution in [2.75, 3.05) is 18.2 Å². The van der Waals surface area contributed by atoms with Crippen molar-refractivity contribution in [3.05, 3.63) is 59.7 Å². The van der Waals surface area contributed by atoms with Crippen molar-refractivity contribution in [2.45, 2.75) is 19.1 Å². The molecule has 0 aliphatic carbocycles. The Kier molecular flexibility index (Phi) is 4.83. The Morgan fingerprint density at radius 3 is 2.64 bits per heavy atom.